The van der Waals surface area contributed by atoms with Crippen molar-refractivity contribution in [2.45, 2.75) is 6.92 Å². The third kappa shape index (κ3) is 2.24. The number of hydrogen-bond donors (Lipinski definition) is 1. The molecule has 1 aromatic carbocycles. The summed E-state index contributed by atoms with van der Waals surface area (Å²) in [5.41, 5.74) is 2.02. The molecule has 0 fully saturated rings. The second kappa shape index (κ2) is 4.12. The minimum atomic E-state index is 0.712. The summed E-state index contributed by atoms with van der Waals surface area (Å²) in [6.45, 7) is 2.00. The van der Waals surface area contributed by atoms with Gasteiger partial charge in [-0.3, -0.25) is 0 Å². The number of nitrogens with one attached hydrogen (secondary N) is 1. The predicted octanol–water partition coefficient (Wildman–Crippen LogP) is 2.53. The number of halogens is 1. The van der Waals surface area contributed by atoms with Crippen LogP contribution in [0, 0.1) is 6.92 Å². The van der Waals surface area contributed by atoms with E-state index in [0.29, 0.717) is 5.02 Å². The molecule has 0 radical (unpaired) electrons. The number of benzene rings is 1. The first kappa shape index (κ1) is 9.07. The molecule has 0 aliphatic carbocycles. The first-order chi connectivity index (χ1) is 5.74. The molecule has 0 aliphatic heterocycles. The average molecular weight is 183 g/mol. The van der Waals surface area contributed by atoms with Gasteiger partial charge in [0.15, 0.2) is 0 Å². The van der Waals surface area contributed by atoms with Gasteiger partial charge in [-0.15, -0.1) is 0 Å². The predicted molar refractivity (Wildman–Crippen MR) is 53.4 cm³/mol. The fraction of sp³-hybridized carbons (Fsp3) is 0.222. The molecule has 0 spiro atoms. The first-order valence-corrected chi connectivity index (χ1v) is 4.08. The maximum absolute atomic E-state index is 5.80. The van der Waals surface area contributed by atoms with E-state index in [-0.39, 0.29) is 0 Å². The Labute approximate surface area is 77.3 Å². The molecule has 64 valence electrons. The summed E-state index contributed by atoms with van der Waals surface area (Å²) in [6.07, 6.45) is 1.64. The average Bonchev–Trinajstić information content (AvgIpc) is 2.07. The lowest BCUT2D eigenvalue weighted by Gasteiger charge is -1.99. The molecule has 12 heavy (non-hydrogen) atoms. The van der Waals surface area contributed by atoms with Crippen molar-refractivity contribution in [1.82, 2.24) is 5.32 Å². The van der Waals surface area contributed by atoms with E-state index in [1.165, 1.54) is 0 Å². The topological polar surface area (TPSA) is 24.4 Å². The van der Waals surface area contributed by atoms with Crippen LogP contribution in [0.3, 0.4) is 0 Å². The third-order valence-corrected chi connectivity index (χ3v) is 1.74. The summed E-state index contributed by atoms with van der Waals surface area (Å²) in [7, 11) is 1.81. The second-order valence-electron chi connectivity index (χ2n) is 2.48. The highest BCUT2D eigenvalue weighted by Gasteiger charge is 1.95. The standard InChI is InChI=1S/C9H11ClN2/c1-7-3-4-8(10)5-9(7)12-6-11-2/h3-6H,1-2H3,(H,11,12). The number of aliphatic imine (C=N–C) groups is 1. The molecule has 0 saturated heterocycles. The van der Waals surface area contributed by atoms with Crippen molar-refractivity contribution >= 4 is 23.6 Å². The van der Waals surface area contributed by atoms with Crippen LogP contribution in [0.15, 0.2) is 23.2 Å². The second-order valence-corrected chi connectivity index (χ2v) is 2.91. The lowest BCUT2D eigenvalue weighted by Crippen LogP contribution is -1.99. The van der Waals surface area contributed by atoms with Gasteiger partial charge in [-0.25, -0.2) is 4.99 Å². The van der Waals surface area contributed by atoms with Crippen LogP contribution in [-0.4, -0.2) is 13.4 Å². The van der Waals surface area contributed by atoms with E-state index in [1.807, 2.05) is 32.2 Å². The highest BCUT2D eigenvalue weighted by molar-refractivity contribution is 6.30. The normalized spacial score (nSPS) is 10.6. The number of nitrogens with zero attached hydrogens (tertiary/aromatic N) is 1. The molecule has 1 N–H and O–H groups in total. The van der Waals surface area contributed by atoms with Gasteiger partial charge in [0, 0.05) is 12.1 Å². The number of aryl methyl sites for hydroxylation is 1. The molecule has 0 aliphatic rings. The van der Waals surface area contributed by atoms with Gasteiger partial charge >= 0.3 is 0 Å². The van der Waals surface area contributed by atoms with Crippen molar-refractivity contribution in [2.75, 3.05) is 7.05 Å². The number of rotatable bonds is 2. The van der Waals surface area contributed by atoms with Crippen molar-refractivity contribution < 1.29 is 0 Å². The summed E-state index contributed by atoms with van der Waals surface area (Å²) < 4.78 is 0. The number of hydrogen-bond acceptors (Lipinski definition) is 1. The highest BCUT2D eigenvalue weighted by atomic mass is 35.5. The van der Waals surface area contributed by atoms with E-state index in [0.717, 1.165) is 11.3 Å². The van der Waals surface area contributed by atoms with Crippen LogP contribution in [0.4, 0.5) is 5.69 Å². The van der Waals surface area contributed by atoms with E-state index in [9.17, 15) is 0 Å². The Morgan fingerprint density at radius 1 is 1.50 bits per heavy atom. The monoisotopic (exact) mass is 182 g/mol. The summed E-state index contributed by atoms with van der Waals surface area (Å²) >= 11 is 5.80. The molecule has 0 unspecified atom stereocenters. The van der Waals surface area contributed by atoms with Gasteiger partial charge in [-0.1, -0.05) is 17.7 Å². The zero-order valence-corrected chi connectivity index (χ0v) is 7.89. The Kier molecular flexibility index (Phi) is 3.11. The summed E-state index contributed by atoms with van der Waals surface area (Å²) in [5.74, 6) is 0. The maximum Gasteiger partial charge on any atom is 0.0883 e. The van der Waals surface area contributed by atoms with Crippen molar-refractivity contribution in [2.24, 2.45) is 4.99 Å². The van der Waals surface area contributed by atoms with Crippen LogP contribution < -0.4 is 5.32 Å². The van der Waals surface area contributed by atoms with Crippen molar-refractivity contribution in [3.05, 3.63) is 28.8 Å². The molecular formula is C9H11ClN2. The lowest BCUT2D eigenvalue weighted by atomic mass is 10.2. The van der Waals surface area contributed by atoms with Crippen LogP contribution >= 0.6 is 11.6 Å². The lowest BCUT2D eigenvalue weighted by molar-refractivity contribution is 1.20. The van der Waals surface area contributed by atoms with Crippen LogP contribution in [0.25, 0.3) is 0 Å². The molecule has 0 saturated carbocycles. The Morgan fingerprint density at radius 2 is 2.25 bits per heavy atom. The van der Waals surface area contributed by atoms with Gasteiger partial charge in [0.25, 0.3) is 0 Å². The third-order valence-electron chi connectivity index (χ3n) is 1.50. The fourth-order valence-corrected chi connectivity index (χ4v) is 1.02. The van der Waals surface area contributed by atoms with E-state index < -0.39 is 0 Å². The van der Waals surface area contributed by atoms with Crippen molar-refractivity contribution in [1.29, 1.82) is 0 Å². The summed E-state index contributed by atoms with van der Waals surface area (Å²) in [5, 5.41) is 3.54. The molecule has 0 amide bonds. The maximum atomic E-state index is 5.80. The van der Waals surface area contributed by atoms with Crippen LogP contribution in [0.2, 0.25) is 5.02 Å². The molecule has 3 heteroatoms. The van der Waals surface area contributed by atoms with Crippen LogP contribution in [0.1, 0.15) is 5.56 Å². The molecule has 0 bridgehead atoms. The molecular weight excluding hydrogens is 172 g/mol. The van der Waals surface area contributed by atoms with Gasteiger partial charge in [0.2, 0.25) is 0 Å². The summed E-state index contributed by atoms with van der Waals surface area (Å²) in [4.78, 5) is 4.16. The SMILES string of the molecule is CNC=Nc1cc(Cl)ccc1C. The van der Waals surface area contributed by atoms with Gasteiger partial charge in [0.05, 0.1) is 12.0 Å². The van der Waals surface area contributed by atoms with Gasteiger partial charge < -0.3 is 5.32 Å². The highest BCUT2D eigenvalue weighted by Crippen LogP contribution is 2.22. The smallest absolute Gasteiger partial charge is 0.0883 e. The fourth-order valence-electron chi connectivity index (χ4n) is 0.856. The zero-order valence-electron chi connectivity index (χ0n) is 7.13. The molecule has 0 atom stereocenters. The molecule has 1 rings (SSSR count). The molecule has 0 heterocycles. The van der Waals surface area contributed by atoms with Gasteiger partial charge in [-0.05, 0) is 24.6 Å². The Hall–Kier alpha value is -1.02. The van der Waals surface area contributed by atoms with E-state index in [4.69, 9.17) is 11.6 Å². The van der Waals surface area contributed by atoms with E-state index in [1.54, 1.807) is 6.34 Å². The van der Waals surface area contributed by atoms with Crippen LogP contribution in [-0.2, 0) is 0 Å². The van der Waals surface area contributed by atoms with E-state index >= 15 is 0 Å². The molecule has 2 nitrogen and oxygen atoms in total. The Balaban J connectivity index is 2.97. The Morgan fingerprint density at radius 3 is 2.92 bits per heavy atom. The molecule has 1 aromatic rings. The summed E-state index contributed by atoms with van der Waals surface area (Å²) in [6, 6.07) is 5.64. The Bertz CT molecular complexity index is 295. The van der Waals surface area contributed by atoms with Crippen molar-refractivity contribution in [3.63, 3.8) is 0 Å². The minimum absolute atomic E-state index is 0.712. The molecule has 0 aromatic heterocycles. The zero-order chi connectivity index (χ0) is 8.97. The minimum Gasteiger partial charge on any atom is -0.379 e. The van der Waals surface area contributed by atoms with Crippen molar-refractivity contribution in [3.8, 4) is 0 Å². The van der Waals surface area contributed by atoms with Crippen LogP contribution in [0.5, 0.6) is 0 Å². The quantitative estimate of drug-likeness (QED) is 0.552. The van der Waals surface area contributed by atoms with E-state index in [2.05, 4.69) is 10.3 Å². The first-order valence-electron chi connectivity index (χ1n) is 3.70. The van der Waals surface area contributed by atoms with Gasteiger partial charge in [0.1, 0.15) is 0 Å². The largest absolute Gasteiger partial charge is 0.379 e. The van der Waals surface area contributed by atoms with Gasteiger partial charge in [-0.2, -0.15) is 0 Å².